The van der Waals surface area contributed by atoms with Crippen molar-refractivity contribution in [2.24, 2.45) is 0 Å². The molecule has 1 amide bonds. The Morgan fingerprint density at radius 2 is 2.00 bits per heavy atom. The number of aryl methyl sites for hydroxylation is 1. The van der Waals surface area contributed by atoms with Crippen molar-refractivity contribution in [2.45, 2.75) is 24.7 Å². The van der Waals surface area contributed by atoms with Crippen LogP contribution in [0.25, 0.3) is 0 Å². The molecule has 3 aromatic rings. The third kappa shape index (κ3) is 4.56. The van der Waals surface area contributed by atoms with Crippen molar-refractivity contribution in [3.63, 3.8) is 0 Å². The Hall–Kier alpha value is -2.32. The Bertz CT molecular complexity index is 961. The Morgan fingerprint density at radius 1 is 1.18 bits per heavy atom. The summed E-state index contributed by atoms with van der Waals surface area (Å²) >= 11 is 4.63. The number of halogens is 1. The van der Waals surface area contributed by atoms with Crippen LogP contribution in [0, 0.1) is 0 Å². The monoisotopic (exact) mass is 459 g/mol. The number of carbonyl (C=O) groups is 1. The van der Waals surface area contributed by atoms with Gasteiger partial charge in [-0.05, 0) is 48.7 Å². The van der Waals surface area contributed by atoms with Gasteiger partial charge >= 0.3 is 0 Å². The summed E-state index contributed by atoms with van der Waals surface area (Å²) in [6, 6.07) is 15.6. The van der Waals surface area contributed by atoms with Crippen molar-refractivity contribution in [1.29, 1.82) is 0 Å². The molecule has 2 heterocycles. The Morgan fingerprint density at radius 3 is 2.86 bits per heavy atom. The van der Waals surface area contributed by atoms with Gasteiger partial charge < -0.3 is 14.1 Å². The first kappa shape index (κ1) is 19.0. The molecule has 0 atom stereocenters. The highest BCUT2D eigenvalue weighted by molar-refractivity contribution is 9.10. The molecule has 0 spiro atoms. The SMILES string of the molecule is O=C(CSc1nnc(COc2ccc(Br)cc2)o1)N1CCCc2ccccc21. The Balaban J connectivity index is 1.31. The normalized spacial score (nSPS) is 13.2. The Labute approximate surface area is 175 Å². The summed E-state index contributed by atoms with van der Waals surface area (Å²) in [7, 11) is 0. The Kier molecular flexibility index (Phi) is 5.97. The molecule has 6 nitrogen and oxygen atoms in total. The van der Waals surface area contributed by atoms with Crippen LogP contribution in [-0.2, 0) is 17.8 Å². The summed E-state index contributed by atoms with van der Waals surface area (Å²) < 4.78 is 12.2. The molecule has 0 aliphatic carbocycles. The van der Waals surface area contributed by atoms with E-state index >= 15 is 0 Å². The van der Waals surface area contributed by atoms with Crippen LogP contribution in [0.4, 0.5) is 5.69 Å². The molecule has 0 saturated heterocycles. The minimum atomic E-state index is 0.0445. The van der Waals surface area contributed by atoms with E-state index in [9.17, 15) is 4.79 Å². The van der Waals surface area contributed by atoms with E-state index in [-0.39, 0.29) is 18.3 Å². The number of fused-ring (bicyclic) bond motifs is 1. The molecule has 28 heavy (non-hydrogen) atoms. The summed E-state index contributed by atoms with van der Waals surface area (Å²) in [5, 5.41) is 8.34. The highest BCUT2D eigenvalue weighted by Crippen LogP contribution is 2.28. The molecule has 0 saturated carbocycles. The fourth-order valence-corrected chi connectivity index (χ4v) is 3.95. The summed E-state index contributed by atoms with van der Waals surface area (Å²) in [6.07, 6.45) is 1.99. The molecule has 1 aromatic heterocycles. The molecule has 2 aromatic carbocycles. The van der Waals surface area contributed by atoms with Gasteiger partial charge in [-0.2, -0.15) is 0 Å². The van der Waals surface area contributed by atoms with Crippen LogP contribution in [0.15, 0.2) is 62.6 Å². The molecule has 4 rings (SSSR count). The number of ether oxygens (including phenoxy) is 1. The third-order valence-electron chi connectivity index (χ3n) is 4.35. The van der Waals surface area contributed by atoms with Crippen LogP contribution in [-0.4, -0.2) is 28.4 Å². The first-order valence-electron chi connectivity index (χ1n) is 8.91. The van der Waals surface area contributed by atoms with Crippen LogP contribution in [0.5, 0.6) is 5.75 Å². The highest BCUT2D eigenvalue weighted by Gasteiger charge is 2.22. The summed E-state index contributed by atoms with van der Waals surface area (Å²) in [6.45, 7) is 0.926. The lowest BCUT2D eigenvalue weighted by molar-refractivity contribution is -0.116. The van der Waals surface area contributed by atoms with Gasteiger partial charge in [0.25, 0.3) is 11.1 Å². The number of benzene rings is 2. The van der Waals surface area contributed by atoms with E-state index < -0.39 is 0 Å². The van der Waals surface area contributed by atoms with Crippen molar-refractivity contribution in [3.05, 3.63) is 64.5 Å². The average molecular weight is 460 g/mol. The number of thioether (sulfide) groups is 1. The fourth-order valence-electron chi connectivity index (χ4n) is 3.02. The summed E-state index contributed by atoms with van der Waals surface area (Å²) in [4.78, 5) is 14.5. The van der Waals surface area contributed by atoms with Gasteiger partial charge in [-0.25, -0.2) is 0 Å². The topological polar surface area (TPSA) is 68.5 Å². The van der Waals surface area contributed by atoms with Gasteiger partial charge in [0, 0.05) is 16.7 Å². The van der Waals surface area contributed by atoms with Crippen molar-refractivity contribution in [2.75, 3.05) is 17.2 Å². The molecule has 0 fully saturated rings. The van der Waals surface area contributed by atoms with Gasteiger partial charge in [0.15, 0.2) is 6.61 Å². The zero-order chi connectivity index (χ0) is 19.3. The maximum absolute atomic E-state index is 12.7. The van der Waals surface area contributed by atoms with E-state index in [0.29, 0.717) is 11.1 Å². The average Bonchev–Trinajstić information content (AvgIpc) is 3.19. The van der Waals surface area contributed by atoms with Crippen LogP contribution >= 0.6 is 27.7 Å². The minimum absolute atomic E-state index is 0.0445. The maximum Gasteiger partial charge on any atom is 0.277 e. The van der Waals surface area contributed by atoms with E-state index in [1.54, 1.807) is 0 Å². The quantitative estimate of drug-likeness (QED) is 0.506. The second-order valence-electron chi connectivity index (χ2n) is 6.27. The van der Waals surface area contributed by atoms with Gasteiger partial charge in [0.2, 0.25) is 5.91 Å². The number of hydrogen-bond acceptors (Lipinski definition) is 6. The van der Waals surface area contributed by atoms with Crippen molar-refractivity contribution >= 4 is 39.3 Å². The maximum atomic E-state index is 12.7. The largest absolute Gasteiger partial charge is 0.484 e. The number of nitrogens with zero attached hydrogens (tertiary/aromatic N) is 3. The van der Waals surface area contributed by atoms with E-state index in [1.807, 2.05) is 47.4 Å². The number of rotatable bonds is 6. The lowest BCUT2D eigenvalue weighted by Crippen LogP contribution is -2.36. The fraction of sp³-hybridized carbons (Fsp3) is 0.250. The van der Waals surface area contributed by atoms with Crippen LogP contribution in [0.3, 0.4) is 0 Å². The smallest absolute Gasteiger partial charge is 0.277 e. The molecule has 8 heteroatoms. The lowest BCUT2D eigenvalue weighted by atomic mass is 10.0. The van der Waals surface area contributed by atoms with Crippen LogP contribution < -0.4 is 9.64 Å². The zero-order valence-corrected chi connectivity index (χ0v) is 17.4. The molecule has 0 unspecified atom stereocenters. The van der Waals surface area contributed by atoms with Gasteiger partial charge in [0.05, 0.1) is 5.75 Å². The zero-order valence-electron chi connectivity index (χ0n) is 15.0. The minimum Gasteiger partial charge on any atom is -0.484 e. The number of amides is 1. The van der Waals surface area contributed by atoms with Gasteiger partial charge in [-0.3, -0.25) is 4.79 Å². The first-order valence-corrected chi connectivity index (χ1v) is 10.7. The van der Waals surface area contributed by atoms with E-state index in [0.717, 1.165) is 35.3 Å². The molecule has 1 aliphatic heterocycles. The van der Waals surface area contributed by atoms with Crippen LogP contribution in [0.2, 0.25) is 0 Å². The van der Waals surface area contributed by atoms with Crippen molar-refractivity contribution in [3.8, 4) is 5.75 Å². The van der Waals surface area contributed by atoms with Crippen molar-refractivity contribution < 1.29 is 13.9 Å². The van der Waals surface area contributed by atoms with Gasteiger partial charge in [0.1, 0.15) is 5.75 Å². The molecule has 1 aliphatic rings. The highest BCUT2D eigenvalue weighted by atomic mass is 79.9. The first-order chi connectivity index (χ1) is 13.7. The van der Waals surface area contributed by atoms with E-state index in [1.165, 1.54) is 17.3 Å². The number of aromatic nitrogens is 2. The standard InChI is InChI=1S/C20H18BrN3O3S/c21-15-7-9-16(10-8-15)26-12-18-22-23-20(27-18)28-13-19(25)24-11-3-5-14-4-1-2-6-17(14)24/h1-2,4,6-10H,3,5,11-13H2. The molecule has 0 radical (unpaired) electrons. The molecule has 0 N–H and O–H groups in total. The van der Waals surface area contributed by atoms with E-state index in [2.05, 4.69) is 32.2 Å². The molecule has 0 bridgehead atoms. The number of hydrogen-bond donors (Lipinski definition) is 0. The van der Waals surface area contributed by atoms with E-state index in [4.69, 9.17) is 9.15 Å². The number of para-hydroxylation sites is 1. The summed E-state index contributed by atoms with van der Waals surface area (Å²) in [5.41, 5.74) is 2.23. The molecular formula is C20H18BrN3O3S. The molecular weight excluding hydrogens is 442 g/mol. The second-order valence-corrected chi connectivity index (χ2v) is 8.11. The summed E-state index contributed by atoms with van der Waals surface area (Å²) in [5.74, 6) is 1.39. The number of carbonyl (C=O) groups excluding carboxylic acids is 1. The predicted molar refractivity (Wildman–Crippen MR) is 111 cm³/mol. The van der Waals surface area contributed by atoms with Gasteiger partial charge in [-0.1, -0.05) is 45.9 Å². The lowest BCUT2D eigenvalue weighted by Gasteiger charge is -2.29. The third-order valence-corrected chi connectivity index (χ3v) is 5.69. The van der Waals surface area contributed by atoms with Crippen LogP contribution in [0.1, 0.15) is 17.9 Å². The predicted octanol–water partition coefficient (Wildman–Crippen LogP) is 4.48. The number of anilines is 1. The van der Waals surface area contributed by atoms with Gasteiger partial charge in [-0.15, -0.1) is 10.2 Å². The molecule has 144 valence electrons. The second kappa shape index (κ2) is 8.79. The van der Waals surface area contributed by atoms with Crippen molar-refractivity contribution in [1.82, 2.24) is 10.2 Å².